The SMILES string of the molecule is CCCCCNC(C)c1nc2c([nH]1)CCc1cc3c(cc1-2)COc1cc(Cl)ccc1-3. The van der Waals surface area contributed by atoms with E-state index in [1.807, 2.05) is 12.1 Å². The Morgan fingerprint density at radius 1 is 1.10 bits per heavy atom. The number of aromatic amines is 1. The van der Waals surface area contributed by atoms with Crippen LogP contribution in [-0.4, -0.2) is 16.5 Å². The number of hydrogen-bond donors (Lipinski definition) is 2. The van der Waals surface area contributed by atoms with Gasteiger partial charge in [0.15, 0.2) is 0 Å². The van der Waals surface area contributed by atoms with Crippen LogP contribution in [0.15, 0.2) is 30.3 Å². The van der Waals surface area contributed by atoms with Gasteiger partial charge in [-0.25, -0.2) is 4.98 Å². The molecule has 0 fully saturated rings. The second-order valence-electron chi connectivity index (χ2n) is 8.43. The van der Waals surface area contributed by atoms with Crippen molar-refractivity contribution in [2.75, 3.05) is 6.54 Å². The minimum absolute atomic E-state index is 0.230. The van der Waals surface area contributed by atoms with Crippen molar-refractivity contribution in [1.82, 2.24) is 15.3 Å². The molecule has 2 aromatic carbocycles. The summed E-state index contributed by atoms with van der Waals surface area (Å²) in [7, 11) is 0. The van der Waals surface area contributed by atoms with Crippen molar-refractivity contribution < 1.29 is 4.74 Å². The lowest BCUT2D eigenvalue weighted by Gasteiger charge is -2.24. The molecule has 30 heavy (non-hydrogen) atoms. The third-order valence-corrected chi connectivity index (χ3v) is 6.52. The minimum atomic E-state index is 0.230. The van der Waals surface area contributed by atoms with Crippen LogP contribution < -0.4 is 10.1 Å². The lowest BCUT2D eigenvalue weighted by atomic mass is 9.86. The maximum atomic E-state index is 6.15. The van der Waals surface area contributed by atoms with Crippen LogP contribution in [0.25, 0.3) is 22.4 Å². The first-order valence-corrected chi connectivity index (χ1v) is 11.4. The largest absolute Gasteiger partial charge is 0.488 e. The van der Waals surface area contributed by atoms with Crippen molar-refractivity contribution in [1.29, 1.82) is 0 Å². The van der Waals surface area contributed by atoms with Crippen molar-refractivity contribution in [2.45, 2.75) is 58.6 Å². The number of nitrogens with one attached hydrogen (secondary N) is 2. The molecule has 5 heteroatoms. The van der Waals surface area contributed by atoms with Crippen LogP contribution >= 0.6 is 11.6 Å². The molecule has 5 rings (SSSR count). The standard InChI is InChI=1S/C25H28ClN3O/c1-3-4-5-10-27-15(2)25-28-22-9-6-16-11-20-17(12-21(16)24(22)29-25)14-30-23-13-18(26)7-8-19(20)23/h7-8,11-13,15,27H,3-6,9-10,14H2,1-2H3,(H,28,29). The van der Waals surface area contributed by atoms with Gasteiger partial charge in [-0.2, -0.15) is 0 Å². The Kier molecular flexibility index (Phi) is 5.30. The number of benzene rings is 2. The van der Waals surface area contributed by atoms with Crippen LogP contribution in [0.2, 0.25) is 5.02 Å². The monoisotopic (exact) mass is 421 g/mol. The molecule has 0 spiro atoms. The van der Waals surface area contributed by atoms with Gasteiger partial charge in [0.2, 0.25) is 0 Å². The number of fused-ring (bicyclic) bond motifs is 6. The van der Waals surface area contributed by atoms with Gasteiger partial charge in [0, 0.05) is 21.8 Å². The number of unbranched alkanes of at least 4 members (excludes halogenated alkanes) is 2. The molecule has 0 saturated heterocycles. The van der Waals surface area contributed by atoms with Crippen LogP contribution in [0, 0.1) is 0 Å². The Morgan fingerprint density at radius 3 is 2.83 bits per heavy atom. The molecule has 3 aromatic rings. The Bertz CT molecular complexity index is 1090. The number of rotatable bonds is 6. The molecule has 0 amide bonds. The van der Waals surface area contributed by atoms with E-state index in [0.29, 0.717) is 11.6 Å². The minimum Gasteiger partial charge on any atom is -0.488 e. The van der Waals surface area contributed by atoms with Gasteiger partial charge >= 0.3 is 0 Å². The number of aromatic nitrogens is 2. The summed E-state index contributed by atoms with van der Waals surface area (Å²) in [6, 6.07) is 10.8. The van der Waals surface area contributed by atoms with Gasteiger partial charge in [0.25, 0.3) is 0 Å². The highest BCUT2D eigenvalue weighted by Crippen LogP contribution is 2.43. The number of nitrogens with zero attached hydrogens (tertiary/aromatic N) is 1. The molecule has 1 atom stereocenters. The number of H-pyrrole nitrogens is 1. The number of aryl methyl sites for hydroxylation is 2. The van der Waals surface area contributed by atoms with Crippen LogP contribution in [0.3, 0.4) is 0 Å². The molecule has 4 nitrogen and oxygen atoms in total. The molecule has 1 aromatic heterocycles. The molecule has 2 N–H and O–H groups in total. The highest BCUT2D eigenvalue weighted by molar-refractivity contribution is 6.30. The van der Waals surface area contributed by atoms with Crippen LogP contribution in [-0.2, 0) is 19.4 Å². The van der Waals surface area contributed by atoms with E-state index in [1.54, 1.807) is 0 Å². The molecule has 0 bridgehead atoms. The number of halogens is 1. The van der Waals surface area contributed by atoms with Gasteiger partial charge in [0.1, 0.15) is 18.2 Å². The van der Waals surface area contributed by atoms with Gasteiger partial charge in [-0.15, -0.1) is 0 Å². The van der Waals surface area contributed by atoms with Crippen molar-refractivity contribution in [3.8, 4) is 28.1 Å². The maximum Gasteiger partial charge on any atom is 0.129 e. The van der Waals surface area contributed by atoms with Gasteiger partial charge in [-0.1, -0.05) is 31.4 Å². The van der Waals surface area contributed by atoms with Gasteiger partial charge in [0.05, 0.1) is 11.7 Å². The zero-order chi connectivity index (χ0) is 20.7. The highest BCUT2D eigenvalue weighted by atomic mass is 35.5. The third-order valence-electron chi connectivity index (χ3n) is 6.28. The van der Waals surface area contributed by atoms with Crippen LogP contribution in [0.1, 0.15) is 61.8 Å². The molecule has 2 heterocycles. The normalized spacial score (nSPS) is 14.9. The summed E-state index contributed by atoms with van der Waals surface area (Å²) >= 11 is 6.15. The summed E-state index contributed by atoms with van der Waals surface area (Å²) in [5, 5.41) is 4.32. The topological polar surface area (TPSA) is 49.9 Å². The third kappa shape index (κ3) is 3.52. The molecular formula is C25H28ClN3O. The molecule has 156 valence electrons. The second kappa shape index (κ2) is 8.09. The summed E-state index contributed by atoms with van der Waals surface area (Å²) in [6.45, 7) is 6.03. The summed E-state index contributed by atoms with van der Waals surface area (Å²) in [6.07, 6.45) is 5.75. The van der Waals surface area contributed by atoms with E-state index in [2.05, 4.69) is 42.3 Å². The first-order valence-electron chi connectivity index (χ1n) is 11.0. The van der Waals surface area contributed by atoms with E-state index in [9.17, 15) is 0 Å². The predicted molar refractivity (Wildman–Crippen MR) is 122 cm³/mol. The summed E-state index contributed by atoms with van der Waals surface area (Å²) in [4.78, 5) is 8.62. The Hall–Kier alpha value is -2.30. The molecule has 2 aliphatic rings. The van der Waals surface area contributed by atoms with Crippen molar-refractivity contribution in [2.24, 2.45) is 0 Å². The Labute approximate surface area is 183 Å². The molecule has 0 radical (unpaired) electrons. The average Bonchev–Trinajstić information content (AvgIpc) is 3.20. The molecule has 0 saturated carbocycles. The number of imidazole rings is 1. The van der Waals surface area contributed by atoms with Gasteiger partial charge < -0.3 is 15.0 Å². The molecule has 1 aliphatic carbocycles. The second-order valence-corrected chi connectivity index (χ2v) is 8.86. The van der Waals surface area contributed by atoms with Crippen molar-refractivity contribution >= 4 is 11.6 Å². The quantitative estimate of drug-likeness (QED) is 0.464. The molecule has 1 aliphatic heterocycles. The van der Waals surface area contributed by atoms with Crippen molar-refractivity contribution in [3.63, 3.8) is 0 Å². The fourth-order valence-electron chi connectivity index (χ4n) is 4.57. The smallest absolute Gasteiger partial charge is 0.129 e. The predicted octanol–water partition coefficient (Wildman–Crippen LogP) is 6.23. The highest BCUT2D eigenvalue weighted by Gasteiger charge is 2.26. The van der Waals surface area contributed by atoms with E-state index >= 15 is 0 Å². The Balaban J connectivity index is 1.46. The number of ether oxygens (including phenoxy) is 1. The average molecular weight is 422 g/mol. The van der Waals surface area contributed by atoms with Gasteiger partial charge in [-0.3, -0.25) is 0 Å². The van der Waals surface area contributed by atoms with Crippen LogP contribution in [0.4, 0.5) is 0 Å². The molecule has 1 unspecified atom stereocenters. The van der Waals surface area contributed by atoms with E-state index in [-0.39, 0.29) is 6.04 Å². The van der Waals surface area contributed by atoms with Crippen molar-refractivity contribution in [3.05, 3.63) is 58.0 Å². The van der Waals surface area contributed by atoms with E-state index < -0.39 is 0 Å². The zero-order valence-corrected chi connectivity index (χ0v) is 18.4. The first kappa shape index (κ1) is 19.7. The fourth-order valence-corrected chi connectivity index (χ4v) is 4.73. The molecular weight excluding hydrogens is 394 g/mol. The van der Waals surface area contributed by atoms with E-state index in [1.165, 1.54) is 47.2 Å². The lowest BCUT2D eigenvalue weighted by molar-refractivity contribution is 0.302. The fraction of sp³-hybridized carbons (Fsp3) is 0.400. The van der Waals surface area contributed by atoms with Gasteiger partial charge in [-0.05, 0) is 79.8 Å². The summed E-state index contributed by atoms with van der Waals surface area (Å²) in [5.41, 5.74) is 8.58. The van der Waals surface area contributed by atoms with E-state index in [4.69, 9.17) is 21.3 Å². The lowest BCUT2D eigenvalue weighted by Crippen LogP contribution is -2.20. The van der Waals surface area contributed by atoms with Crippen LogP contribution in [0.5, 0.6) is 5.75 Å². The Morgan fingerprint density at radius 2 is 1.97 bits per heavy atom. The first-order chi connectivity index (χ1) is 14.6. The maximum absolute atomic E-state index is 6.15. The summed E-state index contributed by atoms with van der Waals surface area (Å²) in [5.74, 6) is 1.91. The zero-order valence-electron chi connectivity index (χ0n) is 17.6. The number of hydrogen-bond acceptors (Lipinski definition) is 3. The summed E-state index contributed by atoms with van der Waals surface area (Å²) < 4.78 is 5.99. The van der Waals surface area contributed by atoms with E-state index in [0.717, 1.165) is 42.2 Å².